The van der Waals surface area contributed by atoms with Crippen molar-refractivity contribution < 1.29 is 0 Å². The van der Waals surface area contributed by atoms with Gasteiger partial charge in [-0.2, -0.15) is 4.98 Å². The quantitative estimate of drug-likeness (QED) is 0.223. The van der Waals surface area contributed by atoms with E-state index in [2.05, 4.69) is 91.6 Å². The largest absolute Gasteiger partial charge is 0.359 e. The first-order chi connectivity index (χ1) is 18.8. The monoisotopic (exact) mass is 484 g/mol. The summed E-state index contributed by atoms with van der Waals surface area (Å²) in [6.07, 6.45) is 1.67. The molecular formula is C32H16N6. The Balaban J connectivity index is 1.59. The average Bonchev–Trinajstić information content (AvgIpc) is 3.60. The normalized spacial score (nSPS) is 12.2. The molecule has 0 saturated carbocycles. The van der Waals surface area contributed by atoms with Crippen LogP contribution in [0.3, 0.4) is 0 Å². The molecule has 0 aliphatic heterocycles. The lowest BCUT2D eigenvalue weighted by Gasteiger charge is -2.06. The summed E-state index contributed by atoms with van der Waals surface area (Å²) in [4.78, 5) is 17.7. The van der Waals surface area contributed by atoms with E-state index in [4.69, 9.17) is 16.5 Å². The molecule has 0 aliphatic rings. The van der Waals surface area contributed by atoms with Crippen molar-refractivity contribution in [2.45, 2.75) is 0 Å². The van der Waals surface area contributed by atoms with Gasteiger partial charge in [0.15, 0.2) is 0 Å². The van der Waals surface area contributed by atoms with Gasteiger partial charge in [-0.3, -0.25) is 9.55 Å². The van der Waals surface area contributed by atoms with Gasteiger partial charge >= 0.3 is 11.8 Å². The van der Waals surface area contributed by atoms with Crippen molar-refractivity contribution in [3.05, 3.63) is 109 Å². The van der Waals surface area contributed by atoms with Crippen LogP contribution in [0.4, 0.5) is 5.82 Å². The van der Waals surface area contributed by atoms with Crippen molar-refractivity contribution in [2.24, 2.45) is 0 Å². The van der Waals surface area contributed by atoms with Gasteiger partial charge < -0.3 is 9.25 Å². The first-order valence-corrected chi connectivity index (χ1v) is 12.4. The van der Waals surface area contributed by atoms with Crippen LogP contribution in [0.25, 0.3) is 81.7 Å². The molecule has 0 radical (unpaired) electrons. The molecule has 174 valence electrons. The molecule has 0 spiro atoms. The fraction of sp³-hybridized carbons (Fsp3) is 0. The molecule has 0 saturated heterocycles. The van der Waals surface area contributed by atoms with Gasteiger partial charge in [-0.25, -0.2) is 0 Å². The minimum atomic E-state index is 0.254. The molecule has 0 bridgehead atoms. The van der Waals surface area contributed by atoms with Crippen molar-refractivity contribution in [3.63, 3.8) is 0 Å². The summed E-state index contributed by atoms with van der Waals surface area (Å²) >= 11 is 0. The zero-order valence-electron chi connectivity index (χ0n) is 19.9. The third-order valence-electron chi connectivity index (χ3n) is 7.74. The number of nitrogens with zero attached hydrogens (tertiary/aromatic N) is 6. The molecule has 6 heteroatoms. The Morgan fingerprint density at radius 3 is 2.11 bits per heavy atom. The molecule has 9 rings (SSSR count). The summed E-state index contributed by atoms with van der Waals surface area (Å²) < 4.78 is 4.50. The standard InChI is InChI=1S/C32H16N6/c1-33-31-29-22(12-8-16-34-29)35-32(36-31)38-25-15-7-3-10-19(25)27-26(38)17-21-18-9-2-5-13-23(18)37-24-14-6-4-11-20(24)28(27)30(21)37/h2-17H. The van der Waals surface area contributed by atoms with Crippen LogP contribution in [-0.4, -0.2) is 23.9 Å². The van der Waals surface area contributed by atoms with Crippen molar-refractivity contribution >= 4 is 76.8 Å². The van der Waals surface area contributed by atoms with Gasteiger partial charge in [0.2, 0.25) is 0 Å². The Morgan fingerprint density at radius 1 is 0.632 bits per heavy atom. The summed E-state index contributed by atoms with van der Waals surface area (Å²) in [5.74, 6) is 0.730. The lowest BCUT2D eigenvalue weighted by molar-refractivity contribution is 1.01. The Morgan fingerprint density at radius 2 is 1.32 bits per heavy atom. The van der Waals surface area contributed by atoms with Crippen LogP contribution in [0, 0.1) is 6.57 Å². The van der Waals surface area contributed by atoms with Gasteiger partial charge in [-0.15, -0.1) is 0 Å². The summed E-state index contributed by atoms with van der Waals surface area (Å²) in [6.45, 7) is 7.79. The minimum Gasteiger partial charge on any atom is -0.359 e. The zero-order valence-corrected chi connectivity index (χ0v) is 19.9. The van der Waals surface area contributed by atoms with Crippen LogP contribution in [0.2, 0.25) is 0 Å². The summed E-state index contributed by atoms with van der Waals surface area (Å²) in [5, 5.41) is 7.15. The molecule has 5 aromatic heterocycles. The number of aromatic nitrogens is 5. The number of fused-ring (bicyclic) bond motifs is 11. The van der Waals surface area contributed by atoms with Gasteiger partial charge in [0.1, 0.15) is 5.52 Å². The maximum absolute atomic E-state index is 7.79. The number of benzene rings is 4. The van der Waals surface area contributed by atoms with Crippen LogP contribution in [0.5, 0.6) is 0 Å². The first kappa shape index (κ1) is 19.6. The van der Waals surface area contributed by atoms with E-state index in [1.54, 1.807) is 6.20 Å². The van der Waals surface area contributed by atoms with Gasteiger partial charge in [0.05, 0.1) is 33.1 Å². The van der Waals surface area contributed by atoms with E-state index < -0.39 is 0 Å². The Bertz CT molecular complexity index is 2470. The van der Waals surface area contributed by atoms with E-state index >= 15 is 0 Å². The summed E-state index contributed by atoms with van der Waals surface area (Å²) in [6, 6.07) is 31.6. The highest BCUT2D eigenvalue weighted by Crippen LogP contribution is 2.46. The van der Waals surface area contributed by atoms with E-state index in [0.717, 1.165) is 16.4 Å². The second-order valence-electron chi connectivity index (χ2n) is 9.59. The predicted molar refractivity (Wildman–Crippen MR) is 153 cm³/mol. The van der Waals surface area contributed by atoms with Crippen molar-refractivity contribution in [1.29, 1.82) is 0 Å². The molecule has 0 aliphatic carbocycles. The van der Waals surface area contributed by atoms with Gasteiger partial charge in [-0.05, 0) is 36.4 Å². The number of hydrogen-bond donors (Lipinski definition) is 0. The van der Waals surface area contributed by atoms with Crippen molar-refractivity contribution in [1.82, 2.24) is 23.9 Å². The highest BCUT2D eigenvalue weighted by molar-refractivity contribution is 6.35. The van der Waals surface area contributed by atoms with E-state index in [0.29, 0.717) is 17.0 Å². The van der Waals surface area contributed by atoms with Crippen LogP contribution in [-0.2, 0) is 0 Å². The minimum absolute atomic E-state index is 0.254. The SMILES string of the molecule is [C-]#[N+]c1nc(-n2c3ccccc3c3c4c5ccccc5n5c6ccccc6c(cc32)c45)nc2cccnc12. The maximum atomic E-state index is 7.79. The third-order valence-corrected chi connectivity index (χ3v) is 7.74. The van der Waals surface area contributed by atoms with Crippen LogP contribution < -0.4 is 0 Å². The van der Waals surface area contributed by atoms with Crippen LogP contribution in [0.1, 0.15) is 0 Å². The van der Waals surface area contributed by atoms with E-state index in [-0.39, 0.29) is 5.82 Å². The topological polar surface area (TPSA) is 52.4 Å². The Kier molecular flexibility index (Phi) is 3.52. The molecule has 0 fully saturated rings. The second kappa shape index (κ2) is 6.81. The summed E-state index contributed by atoms with van der Waals surface area (Å²) in [5.41, 5.74) is 6.82. The molecular weight excluding hydrogens is 468 g/mol. The van der Waals surface area contributed by atoms with Gasteiger partial charge in [0, 0.05) is 38.5 Å². The molecule has 0 atom stereocenters. The van der Waals surface area contributed by atoms with Crippen LogP contribution in [0.15, 0.2) is 97.2 Å². The number of hydrogen-bond acceptors (Lipinski definition) is 3. The molecule has 0 unspecified atom stereocenters. The molecule has 9 aromatic rings. The Labute approximate surface area is 215 Å². The molecule has 0 amide bonds. The van der Waals surface area contributed by atoms with E-state index in [1.165, 1.54) is 43.5 Å². The van der Waals surface area contributed by atoms with E-state index in [9.17, 15) is 0 Å². The molecule has 38 heavy (non-hydrogen) atoms. The Hall–Kier alpha value is -5.54. The lowest BCUT2D eigenvalue weighted by atomic mass is 10.0. The van der Waals surface area contributed by atoms with Crippen molar-refractivity contribution in [3.8, 4) is 5.95 Å². The molecule has 0 N–H and O–H groups in total. The average molecular weight is 485 g/mol. The van der Waals surface area contributed by atoms with Gasteiger partial charge in [0.25, 0.3) is 0 Å². The fourth-order valence-corrected chi connectivity index (χ4v) is 6.30. The summed E-state index contributed by atoms with van der Waals surface area (Å²) in [7, 11) is 0. The molecule has 4 aromatic carbocycles. The number of rotatable bonds is 1. The fourth-order valence-electron chi connectivity index (χ4n) is 6.30. The second-order valence-corrected chi connectivity index (χ2v) is 9.59. The molecule has 6 nitrogen and oxygen atoms in total. The lowest BCUT2D eigenvalue weighted by Crippen LogP contribution is -2.02. The number of pyridine rings is 1. The van der Waals surface area contributed by atoms with Crippen molar-refractivity contribution in [2.75, 3.05) is 0 Å². The number of para-hydroxylation sites is 3. The third kappa shape index (κ3) is 2.25. The smallest absolute Gasteiger partial charge is 0.332 e. The van der Waals surface area contributed by atoms with Gasteiger partial charge in [-0.1, -0.05) is 66.2 Å². The highest BCUT2D eigenvalue weighted by atomic mass is 15.2. The maximum Gasteiger partial charge on any atom is 0.332 e. The highest BCUT2D eigenvalue weighted by Gasteiger charge is 2.25. The molecule has 5 heterocycles. The van der Waals surface area contributed by atoms with E-state index in [1.807, 2.05) is 18.2 Å². The first-order valence-electron chi connectivity index (χ1n) is 12.4. The zero-order chi connectivity index (χ0) is 25.0. The predicted octanol–water partition coefficient (Wildman–Crippen LogP) is 7.82. The van der Waals surface area contributed by atoms with Crippen LogP contribution >= 0.6 is 0 Å².